The van der Waals surface area contributed by atoms with Gasteiger partial charge in [-0.1, -0.05) is 36.8 Å². The van der Waals surface area contributed by atoms with Gasteiger partial charge in [0.1, 0.15) is 5.75 Å². The van der Waals surface area contributed by atoms with E-state index in [0.717, 1.165) is 19.3 Å². The van der Waals surface area contributed by atoms with E-state index in [4.69, 9.17) is 4.74 Å². The maximum Gasteiger partial charge on any atom is 0.262 e. The van der Waals surface area contributed by atoms with Crippen LogP contribution in [0.25, 0.3) is 0 Å². The number of sulfonamides is 1. The van der Waals surface area contributed by atoms with Crippen molar-refractivity contribution in [2.45, 2.75) is 24.2 Å². The molecule has 3 aromatic rings. The zero-order chi connectivity index (χ0) is 24.7. The highest BCUT2D eigenvalue weighted by Crippen LogP contribution is 2.23. The summed E-state index contributed by atoms with van der Waals surface area (Å²) in [6.07, 6.45) is 2.77. The van der Waals surface area contributed by atoms with Crippen molar-refractivity contribution >= 4 is 33.2 Å². The van der Waals surface area contributed by atoms with Crippen LogP contribution in [0.3, 0.4) is 0 Å². The molecule has 1 fully saturated rings. The monoisotopic (exact) mass is 493 g/mol. The minimum absolute atomic E-state index is 0.201. The number of nitrogens with one attached hydrogen (secondary N) is 2. The Morgan fingerprint density at radius 2 is 1.40 bits per heavy atom. The van der Waals surface area contributed by atoms with E-state index >= 15 is 0 Å². The number of ether oxygens (including phenoxy) is 1. The molecular weight excluding hydrogens is 466 g/mol. The normalized spacial score (nSPS) is 14.2. The number of hydrogen-bond donors (Lipinski definition) is 2. The minimum Gasteiger partial charge on any atom is -0.483 e. The van der Waals surface area contributed by atoms with Crippen LogP contribution >= 0.6 is 0 Å². The Hall–Kier alpha value is -3.69. The van der Waals surface area contributed by atoms with Gasteiger partial charge < -0.3 is 15.4 Å². The fourth-order valence-corrected chi connectivity index (χ4v) is 5.32. The first-order valence-electron chi connectivity index (χ1n) is 11.4. The molecule has 2 amide bonds. The van der Waals surface area contributed by atoms with Gasteiger partial charge in [0.2, 0.25) is 10.0 Å². The number of amides is 2. The van der Waals surface area contributed by atoms with Crippen molar-refractivity contribution in [3.05, 3.63) is 84.4 Å². The molecule has 0 saturated carbocycles. The smallest absolute Gasteiger partial charge is 0.262 e. The van der Waals surface area contributed by atoms with Crippen molar-refractivity contribution in [2.75, 3.05) is 30.3 Å². The minimum atomic E-state index is -3.53. The van der Waals surface area contributed by atoms with E-state index in [-0.39, 0.29) is 23.2 Å². The molecule has 2 N–H and O–H groups in total. The molecule has 0 aromatic heterocycles. The molecule has 182 valence electrons. The van der Waals surface area contributed by atoms with E-state index in [0.29, 0.717) is 30.0 Å². The van der Waals surface area contributed by atoms with Gasteiger partial charge in [-0.3, -0.25) is 9.59 Å². The molecule has 0 spiro atoms. The van der Waals surface area contributed by atoms with Gasteiger partial charge in [0.05, 0.1) is 10.5 Å². The maximum atomic E-state index is 12.8. The SMILES string of the molecule is O=C(COc1ccccc1C(=O)Nc1ccccc1)Nc1ccc(S(=O)(=O)N2CCCCC2)cc1. The molecule has 0 unspecified atom stereocenters. The van der Waals surface area contributed by atoms with Crippen LogP contribution < -0.4 is 15.4 Å². The van der Waals surface area contributed by atoms with Crippen LogP contribution in [-0.2, 0) is 14.8 Å². The van der Waals surface area contributed by atoms with Gasteiger partial charge in [0, 0.05) is 24.5 Å². The van der Waals surface area contributed by atoms with Crippen molar-refractivity contribution < 1.29 is 22.7 Å². The second kappa shape index (κ2) is 11.2. The van der Waals surface area contributed by atoms with E-state index in [1.165, 1.54) is 16.4 Å². The second-order valence-electron chi connectivity index (χ2n) is 8.14. The number of para-hydroxylation sites is 2. The summed E-state index contributed by atoms with van der Waals surface area (Å²) in [7, 11) is -3.53. The molecule has 1 aliphatic rings. The molecule has 0 aliphatic carbocycles. The summed E-state index contributed by atoms with van der Waals surface area (Å²) in [5.41, 5.74) is 1.40. The van der Waals surface area contributed by atoms with Crippen LogP contribution in [0.4, 0.5) is 11.4 Å². The highest BCUT2D eigenvalue weighted by molar-refractivity contribution is 7.89. The number of rotatable bonds is 8. The second-order valence-corrected chi connectivity index (χ2v) is 10.1. The van der Waals surface area contributed by atoms with Crippen molar-refractivity contribution in [1.29, 1.82) is 0 Å². The van der Waals surface area contributed by atoms with Crippen molar-refractivity contribution in [3.8, 4) is 5.75 Å². The predicted octanol–water partition coefficient (Wildman–Crippen LogP) is 4.13. The molecule has 0 atom stereocenters. The lowest BCUT2D eigenvalue weighted by atomic mass is 10.2. The third-order valence-electron chi connectivity index (χ3n) is 5.61. The third kappa shape index (κ3) is 6.26. The van der Waals surface area contributed by atoms with Crippen LogP contribution in [0.15, 0.2) is 83.8 Å². The van der Waals surface area contributed by atoms with Gasteiger partial charge >= 0.3 is 0 Å². The highest BCUT2D eigenvalue weighted by atomic mass is 32.2. The van der Waals surface area contributed by atoms with E-state index in [1.54, 1.807) is 48.5 Å². The van der Waals surface area contributed by atoms with E-state index in [9.17, 15) is 18.0 Å². The average molecular weight is 494 g/mol. The molecule has 0 bridgehead atoms. The maximum absolute atomic E-state index is 12.8. The number of carbonyl (C=O) groups is 2. The molecule has 3 aromatic carbocycles. The predicted molar refractivity (Wildman–Crippen MR) is 134 cm³/mol. The Morgan fingerprint density at radius 3 is 2.11 bits per heavy atom. The molecular formula is C26H27N3O5S. The van der Waals surface area contributed by atoms with Crippen LogP contribution in [0.2, 0.25) is 0 Å². The number of anilines is 2. The fraction of sp³-hybridized carbons (Fsp3) is 0.231. The third-order valence-corrected chi connectivity index (χ3v) is 7.53. The standard InChI is InChI=1S/C26H27N3O5S/c30-25(27-21-13-15-22(16-14-21)35(32,33)29-17-7-2-8-18-29)19-34-24-12-6-5-11-23(24)26(31)28-20-9-3-1-4-10-20/h1,3-6,9-16H,2,7-8,17-19H2,(H,27,30)(H,28,31). The molecule has 9 heteroatoms. The van der Waals surface area contributed by atoms with Gasteiger partial charge in [0.15, 0.2) is 6.61 Å². The molecule has 8 nitrogen and oxygen atoms in total. The summed E-state index contributed by atoms with van der Waals surface area (Å²) in [5.74, 6) is -0.508. The van der Waals surface area contributed by atoms with Gasteiger partial charge in [-0.25, -0.2) is 8.42 Å². The van der Waals surface area contributed by atoms with Crippen LogP contribution in [0, 0.1) is 0 Å². The van der Waals surface area contributed by atoms with E-state index in [2.05, 4.69) is 10.6 Å². The summed E-state index contributed by atoms with van der Waals surface area (Å²) in [6.45, 7) is 0.746. The Bertz CT molecular complexity index is 1270. The first-order chi connectivity index (χ1) is 16.9. The lowest BCUT2D eigenvalue weighted by Gasteiger charge is -2.25. The lowest BCUT2D eigenvalue weighted by molar-refractivity contribution is -0.118. The topological polar surface area (TPSA) is 105 Å². The first kappa shape index (κ1) is 24.4. The molecule has 4 rings (SSSR count). The number of carbonyl (C=O) groups excluding carboxylic acids is 2. The van der Waals surface area contributed by atoms with Gasteiger partial charge in [-0.05, 0) is 61.4 Å². The largest absolute Gasteiger partial charge is 0.483 e. The molecule has 1 saturated heterocycles. The fourth-order valence-electron chi connectivity index (χ4n) is 3.80. The van der Waals surface area contributed by atoms with Crippen molar-refractivity contribution in [1.82, 2.24) is 4.31 Å². The quantitative estimate of drug-likeness (QED) is 0.491. The van der Waals surface area contributed by atoms with Crippen LogP contribution in [0.5, 0.6) is 5.75 Å². The number of piperidine rings is 1. The number of hydrogen-bond acceptors (Lipinski definition) is 5. The van der Waals surface area contributed by atoms with Crippen LogP contribution in [-0.4, -0.2) is 44.2 Å². The Kier molecular flexibility index (Phi) is 7.79. The van der Waals surface area contributed by atoms with Crippen molar-refractivity contribution in [3.63, 3.8) is 0 Å². The zero-order valence-electron chi connectivity index (χ0n) is 19.1. The molecule has 35 heavy (non-hydrogen) atoms. The molecule has 0 radical (unpaired) electrons. The van der Waals surface area contributed by atoms with Gasteiger partial charge in [0.25, 0.3) is 11.8 Å². The van der Waals surface area contributed by atoms with E-state index in [1.807, 2.05) is 18.2 Å². The molecule has 1 aliphatic heterocycles. The van der Waals surface area contributed by atoms with Gasteiger partial charge in [-0.15, -0.1) is 0 Å². The Morgan fingerprint density at radius 1 is 0.771 bits per heavy atom. The number of nitrogens with zero attached hydrogens (tertiary/aromatic N) is 1. The Labute approximate surface area is 205 Å². The summed E-state index contributed by atoms with van der Waals surface area (Å²) in [6, 6.07) is 21.8. The number of benzene rings is 3. The average Bonchev–Trinajstić information content (AvgIpc) is 2.89. The van der Waals surface area contributed by atoms with Crippen LogP contribution in [0.1, 0.15) is 29.6 Å². The summed E-state index contributed by atoms with van der Waals surface area (Å²) >= 11 is 0. The zero-order valence-corrected chi connectivity index (χ0v) is 20.0. The summed E-state index contributed by atoms with van der Waals surface area (Å²) in [4.78, 5) is 25.3. The Balaban J connectivity index is 1.35. The van der Waals surface area contributed by atoms with Crippen molar-refractivity contribution in [2.24, 2.45) is 0 Å². The van der Waals surface area contributed by atoms with Gasteiger partial charge in [-0.2, -0.15) is 4.31 Å². The lowest BCUT2D eigenvalue weighted by Crippen LogP contribution is -2.35. The van der Waals surface area contributed by atoms with E-state index < -0.39 is 15.9 Å². The molecule has 1 heterocycles. The first-order valence-corrected chi connectivity index (χ1v) is 12.9. The highest BCUT2D eigenvalue weighted by Gasteiger charge is 2.25. The summed E-state index contributed by atoms with van der Waals surface area (Å²) in [5, 5.41) is 5.48. The summed E-state index contributed by atoms with van der Waals surface area (Å²) < 4.78 is 32.7.